The SMILES string of the molecule is O=C(Nc1cc(Cl)cc(Br)c1OC(F)F)c1cccc(Cl)c1. The van der Waals surface area contributed by atoms with E-state index < -0.39 is 12.5 Å². The molecule has 1 amide bonds. The number of carbonyl (C=O) groups is 1. The zero-order chi connectivity index (χ0) is 16.3. The van der Waals surface area contributed by atoms with E-state index in [1.54, 1.807) is 12.1 Å². The molecule has 0 unspecified atom stereocenters. The molecule has 1 N–H and O–H groups in total. The van der Waals surface area contributed by atoms with Crippen LogP contribution in [0.4, 0.5) is 14.5 Å². The minimum absolute atomic E-state index is 0.0182. The van der Waals surface area contributed by atoms with E-state index in [0.717, 1.165) is 0 Å². The monoisotopic (exact) mass is 409 g/mol. The van der Waals surface area contributed by atoms with Crippen LogP contribution >= 0.6 is 39.1 Å². The molecule has 22 heavy (non-hydrogen) atoms. The second kappa shape index (κ2) is 7.26. The number of nitrogens with one attached hydrogen (secondary N) is 1. The molecule has 0 atom stereocenters. The highest BCUT2D eigenvalue weighted by Crippen LogP contribution is 2.37. The molecule has 0 bridgehead atoms. The third-order valence-electron chi connectivity index (χ3n) is 2.55. The Kier molecular flexibility index (Phi) is 5.61. The predicted octanol–water partition coefficient (Wildman–Crippen LogP) is 5.61. The molecule has 0 fully saturated rings. The van der Waals surface area contributed by atoms with Crippen molar-refractivity contribution in [2.45, 2.75) is 6.61 Å². The van der Waals surface area contributed by atoms with Crippen LogP contribution in [-0.2, 0) is 0 Å². The van der Waals surface area contributed by atoms with Gasteiger partial charge in [-0.15, -0.1) is 0 Å². The Morgan fingerprint density at radius 1 is 1.18 bits per heavy atom. The molecule has 0 aromatic heterocycles. The van der Waals surface area contributed by atoms with Crippen molar-refractivity contribution in [3.05, 3.63) is 56.5 Å². The number of rotatable bonds is 4. The van der Waals surface area contributed by atoms with Gasteiger partial charge in [0, 0.05) is 15.6 Å². The summed E-state index contributed by atoms with van der Waals surface area (Å²) in [5.74, 6) is -0.745. The van der Waals surface area contributed by atoms with E-state index in [-0.39, 0.29) is 26.5 Å². The summed E-state index contributed by atoms with van der Waals surface area (Å²) in [6.07, 6.45) is 0. The molecular formula is C14H8BrCl2F2NO2. The predicted molar refractivity (Wildman–Crippen MR) is 85.2 cm³/mol. The Balaban J connectivity index is 2.34. The maximum atomic E-state index is 12.5. The molecule has 0 spiro atoms. The van der Waals surface area contributed by atoms with Gasteiger partial charge in [-0.05, 0) is 46.3 Å². The standard InChI is InChI=1S/C14H8BrCl2F2NO2/c15-10-5-9(17)6-11(12(10)22-14(18)19)20-13(21)7-2-1-3-8(16)4-7/h1-6,14H,(H,20,21). The van der Waals surface area contributed by atoms with E-state index >= 15 is 0 Å². The van der Waals surface area contributed by atoms with Gasteiger partial charge in [0.15, 0.2) is 5.75 Å². The van der Waals surface area contributed by atoms with Gasteiger partial charge < -0.3 is 10.1 Å². The zero-order valence-electron chi connectivity index (χ0n) is 10.7. The van der Waals surface area contributed by atoms with Crippen molar-refractivity contribution in [2.75, 3.05) is 5.32 Å². The molecule has 0 saturated carbocycles. The smallest absolute Gasteiger partial charge is 0.387 e. The van der Waals surface area contributed by atoms with Gasteiger partial charge in [0.1, 0.15) is 0 Å². The van der Waals surface area contributed by atoms with Crippen LogP contribution in [0, 0.1) is 0 Å². The first kappa shape index (κ1) is 17.0. The molecule has 2 aromatic carbocycles. The number of benzene rings is 2. The van der Waals surface area contributed by atoms with Gasteiger partial charge in [-0.1, -0.05) is 29.3 Å². The number of carbonyl (C=O) groups excluding carboxylic acids is 1. The summed E-state index contributed by atoms with van der Waals surface area (Å²) in [6.45, 7) is -3.04. The summed E-state index contributed by atoms with van der Waals surface area (Å²) in [4.78, 5) is 12.2. The molecule has 116 valence electrons. The van der Waals surface area contributed by atoms with Gasteiger partial charge >= 0.3 is 6.61 Å². The van der Waals surface area contributed by atoms with Crippen LogP contribution in [0.5, 0.6) is 5.75 Å². The van der Waals surface area contributed by atoms with Crippen LogP contribution in [0.15, 0.2) is 40.9 Å². The fourth-order valence-corrected chi connectivity index (χ4v) is 2.78. The maximum absolute atomic E-state index is 12.5. The molecule has 2 aromatic rings. The average molecular weight is 411 g/mol. The van der Waals surface area contributed by atoms with Gasteiger partial charge in [-0.3, -0.25) is 4.79 Å². The molecule has 0 aliphatic heterocycles. The van der Waals surface area contributed by atoms with Crippen LogP contribution in [0.25, 0.3) is 0 Å². The minimum Gasteiger partial charge on any atom is -0.431 e. The fraction of sp³-hybridized carbons (Fsp3) is 0.0714. The van der Waals surface area contributed by atoms with Crippen LogP contribution < -0.4 is 10.1 Å². The molecule has 2 rings (SSSR count). The number of amides is 1. The third kappa shape index (κ3) is 4.32. The number of hydrogen-bond donors (Lipinski definition) is 1. The largest absolute Gasteiger partial charge is 0.431 e. The van der Waals surface area contributed by atoms with Crippen LogP contribution in [0.3, 0.4) is 0 Å². The van der Waals surface area contributed by atoms with E-state index in [2.05, 4.69) is 26.0 Å². The van der Waals surface area contributed by atoms with Crippen molar-refractivity contribution in [1.29, 1.82) is 0 Å². The minimum atomic E-state index is -3.04. The second-order valence-electron chi connectivity index (χ2n) is 4.11. The number of ether oxygens (including phenoxy) is 1. The molecule has 0 saturated heterocycles. The lowest BCUT2D eigenvalue weighted by Gasteiger charge is -2.14. The van der Waals surface area contributed by atoms with Crippen LogP contribution in [0.2, 0.25) is 10.0 Å². The molecule has 0 aliphatic rings. The molecule has 8 heteroatoms. The average Bonchev–Trinajstić information content (AvgIpc) is 2.42. The lowest BCUT2D eigenvalue weighted by atomic mass is 10.2. The topological polar surface area (TPSA) is 38.3 Å². The van der Waals surface area contributed by atoms with Gasteiger partial charge in [0.25, 0.3) is 5.91 Å². The maximum Gasteiger partial charge on any atom is 0.387 e. The number of halogens is 5. The highest BCUT2D eigenvalue weighted by Gasteiger charge is 2.17. The molecule has 3 nitrogen and oxygen atoms in total. The summed E-state index contributed by atoms with van der Waals surface area (Å²) < 4.78 is 29.6. The molecule has 0 radical (unpaired) electrons. The Morgan fingerprint density at radius 3 is 2.55 bits per heavy atom. The van der Waals surface area contributed by atoms with Crippen molar-refractivity contribution in [3.8, 4) is 5.75 Å². The first-order valence-corrected chi connectivity index (χ1v) is 7.42. The lowest BCUT2D eigenvalue weighted by molar-refractivity contribution is -0.0498. The van der Waals surface area contributed by atoms with Crippen molar-refractivity contribution in [1.82, 2.24) is 0 Å². The summed E-state index contributed by atoms with van der Waals surface area (Å²) in [5.41, 5.74) is 0.288. The van der Waals surface area contributed by atoms with Gasteiger partial charge in [0.2, 0.25) is 0 Å². The van der Waals surface area contributed by atoms with Crippen molar-refractivity contribution in [2.24, 2.45) is 0 Å². The first-order chi connectivity index (χ1) is 10.4. The Hall–Kier alpha value is -1.37. The first-order valence-electron chi connectivity index (χ1n) is 5.87. The lowest BCUT2D eigenvalue weighted by Crippen LogP contribution is -2.14. The Bertz CT molecular complexity index is 713. The normalized spacial score (nSPS) is 10.6. The van der Waals surface area contributed by atoms with E-state index in [0.29, 0.717) is 5.02 Å². The zero-order valence-corrected chi connectivity index (χ0v) is 13.8. The Labute approximate surface area is 143 Å². The molecular weight excluding hydrogens is 403 g/mol. The second-order valence-corrected chi connectivity index (χ2v) is 5.83. The van der Waals surface area contributed by atoms with E-state index in [1.165, 1.54) is 24.3 Å². The number of hydrogen-bond acceptors (Lipinski definition) is 2. The summed E-state index contributed by atoms with van der Waals surface area (Å²) in [5, 5.41) is 3.09. The summed E-state index contributed by atoms with van der Waals surface area (Å²) >= 11 is 14.7. The van der Waals surface area contributed by atoms with Crippen LogP contribution in [0.1, 0.15) is 10.4 Å². The van der Waals surface area contributed by atoms with Gasteiger partial charge in [-0.25, -0.2) is 0 Å². The number of alkyl halides is 2. The highest BCUT2D eigenvalue weighted by atomic mass is 79.9. The van der Waals surface area contributed by atoms with E-state index in [4.69, 9.17) is 23.2 Å². The third-order valence-corrected chi connectivity index (χ3v) is 3.59. The van der Waals surface area contributed by atoms with Crippen molar-refractivity contribution >= 4 is 50.7 Å². The van der Waals surface area contributed by atoms with Crippen molar-refractivity contribution in [3.63, 3.8) is 0 Å². The number of anilines is 1. The highest BCUT2D eigenvalue weighted by molar-refractivity contribution is 9.10. The Morgan fingerprint density at radius 2 is 1.91 bits per heavy atom. The van der Waals surface area contributed by atoms with Gasteiger partial charge in [-0.2, -0.15) is 8.78 Å². The van der Waals surface area contributed by atoms with Crippen molar-refractivity contribution < 1.29 is 18.3 Å². The quantitative estimate of drug-likeness (QED) is 0.711. The van der Waals surface area contributed by atoms with Gasteiger partial charge in [0.05, 0.1) is 10.2 Å². The molecule has 0 heterocycles. The van der Waals surface area contributed by atoms with E-state index in [1.807, 2.05) is 0 Å². The molecule has 0 aliphatic carbocycles. The van der Waals surface area contributed by atoms with Crippen LogP contribution in [-0.4, -0.2) is 12.5 Å². The fourth-order valence-electron chi connectivity index (χ4n) is 1.69. The summed E-state index contributed by atoms with van der Waals surface area (Å²) in [6, 6.07) is 8.89. The summed E-state index contributed by atoms with van der Waals surface area (Å²) in [7, 11) is 0. The van der Waals surface area contributed by atoms with E-state index in [9.17, 15) is 13.6 Å².